The van der Waals surface area contributed by atoms with Crippen LogP contribution < -0.4 is 11.1 Å². The van der Waals surface area contributed by atoms with Crippen molar-refractivity contribution in [1.29, 1.82) is 5.26 Å². The number of nitrogens with one attached hydrogen (secondary N) is 1. The van der Waals surface area contributed by atoms with Crippen molar-refractivity contribution in [2.45, 2.75) is 6.04 Å². The lowest BCUT2D eigenvalue weighted by Gasteiger charge is -2.17. The molecule has 35 heavy (non-hydrogen) atoms. The molecule has 0 aliphatic rings. The lowest BCUT2D eigenvalue weighted by molar-refractivity contribution is 0.0912. The first-order valence-corrected chi connectivity index (χ1v) is 10.5. The fraction of sp³-hybridized carbons (Fsp3) is 0.120. The van der Waals surface area contributed by atoms with Crippen molar-refractivity contribution in [3.8, 4) is 28.3 Å². The number of aromatic nitrogens is 3. The maximum Gasteiger partial charge on any atom is 0.254 e. The van der Waals surface area contributed by atoms with Gasteiger partial charge in [-0.05, 0) is 41.5 Å². The molecule has 0 aliphatic heterocycles. The Bertz CT molecular complexity index is 1460. The summed E-state index contributed by atoms with van der Waals surface area (Å²) in [5, 5.41) is 25.6. The summed E-state index contributed by atoms with van der Waals surface area (Å²) in [6.45, 7) is -0.497. The van der Waals surface area contributed by atoms with E-state index in [0.29, 0.717) is 27.8 Å². The van der Waals surface area contributed by atoms with Gasteiger partial charge < -0.3 is 16.2 Å². The quantitative estimate of drug-likeness (QED) is 0.393. The molecule has 2 heterocycles. The molecule has 0 bridgehead atoms. The average Bonchev–Trinajstić information content (AvgIpc) is 3.23. The van der Waals surface area contributed by atoms with Crippen LogP contribution in [-0.2, 0) is 7.05 Å². The van der Waals surface area contributed by atoms with E-state index in [0.717, 1.165) is 6.07 Å². The van der Waals surface area contributed by atoms with Crippen LogP contribution in [-0.4, -0.2) is 32.4 Å². The SMILES string of the molecule is Cn1cc(-c2cnc(N)c(-c3ccc(C(=O)N[C@H](CO)c4cccc(F)c4)c(F)c3)c2)c(C#N)n1. The Hall–Kier alpha value is -4.62. The molecule has 4 rings (SSSR count). The van der Waals surface area contributed by atoms with Crippen LogP contribution in [0.4, 0.5) is 14.6 Å². The number of hydrogen-bond acceptors (Lipinski definition) is 6. The first-order valence-electron chi connectivity index (χ1n) is 10.5. The van der Waals surface area contributed by atoms with Gasteiger partial charge in [-0.25, -0.2) is 13.8 Å². The molecule has 0 spiro atoms. The smallest absolute Gasteiger partial charge is 0.254 e. The standard InChI is InChI=1S/C25H20F2N6O2/c1-33-12-20(22(10-28)32-33)16-8-19(24(29)30-11-16)14-5-6-18(21(27)9-14)25(35)31-23(13-34)15-3-2-4-17(26)7-15/h2-9,11-12,23,34H,13H2,1H3,(H2,29,30)(H,31,35)/t23-/m1/s1. The highest BCUT2D eigenvalue weighted by Gasteiger charge is 2.20. The number of amides is 1. The van der Waals surface area contributed by atoms with Crippen LogP contribution in [0.5, 0.6) is 0 Å². The molecule has 2 aromatic carbocycles. The molecular formula is C25H20F2N6O2. The minimum atomic E-state index is -0.914. The van der Waals surface area contributed by atoms with Crippen LogP contribution in [0, 0.1) is 23.0 Å². The molecule has 0 unspecified atom stereocenters. The van der Waals surface area contributed by atoms with Crippen LogP contribution in [0.3, 0.4) is 0 Å². The van der Waals surface area contributed by atoms with Crippen molar-refractivity contribution in [2.75, 3.05) is 12.3 Å². The van der Waals surface area contributed by atoms with Gasteiger partial charge in [0.2, 0.25) is 0 Å². The van der Waals surface area contributed by atoms with Crippen LogP contribution >= 0.6 is 0 Å². The number of benzene rings is 2. The van der Waals surface area contributed by atoms with Gasteiger partial charge in [0.05, 0.1) is 18.2 Å². The molecule has 4 N–H and O–H groups in total. The molecule has 2 aromatic heterocycles. The molecule has 0 radical (unpaired) electrons. The first-order chi connectivity index (χ1) is 16.8. The maximum atomic E-state index is 15.0. The summed E-state index contributed by atoms with van der Waals surface area (Å²) >= 11 is 0. The van der Waals surface area contributed by atoms with E-state index >= 15 is 0 Å². The second-order valence-electron chi connectivity index (χ2n) is 7.79. The van der Waals surface area contributed by atoms with Gasteiger partial charge in [0.1, 0.15) is 23.5 Å². The Kier molecular flexibility index (Phi) is 6.53. The Morgan fingerprint density at radius 3 is 2.69 bits per heavy atom. The molecular weight excluding hydrogens is 454 g/mol. The lowest BCUT2D eigenvalue weighted by atomic mass is 9.99. The van der Waals surface area contributed by atoms with Crippen LogP contribution in [0.1, 0.15) is 27.7 Å². The van der Waals surface area contributed by atoms with Crippen molar-refractivity contribution in [3.63, 3.8) is 0 Å². The van der Waals surface area contributed by atoms with E-state index in [2.05, 4.69) is 15.4 Å². The van der Waals surface area contributed by atoms with Crippen molar-refractivity contribution in [1.82, 2.24) is 20.1 Å². The summed E-state index contributed by atoms with van der Waals surface area (Å²) in [7, 11) is 1.69. The zero-order valence-corrected chi connectivity index (χ0v) is 18.5. The van der Waals surface area contributed by atoms with E-state index < -0.39 is 30.2 Å². The van der Waals surface area contributed by atoms with E-state index in [1.165, 1.54) is 41.2 Å². The van der Waals surface area contributed by atoms with Crippen molar-refractivity contribution < 1.29 is 18.7 Å². The van der Waals surface area contributed by atoms with E-state index in [1.54, 1.807) is 25.4 Å². The number of rotatable bonds is 6. The topological polar surface area (TPSA) is 130 Å². The van der Waals surface area contributed by atoms with Gasteiger partial charge in [-0.15, -0.1) is 0 Å². The average molecular weight is 474 g/mol. The van der Waals surface area contributed by atoms with E-state index in [4.69, 9.17) is 5.73 Å². The van der Waals surface area contributed by atoms with Crippen LogP contribution in [0.25, 0.3) is 22.3 Å². The fourth-order valence-corrected chi connectivity index (χ4v) is 3.70. The predicted octanol–water partition coefficient (Wildman–Crippen LogP) is 3.34. The van der Waals surface area contributed by atoms with Gasteiger partial charge in [-0.3, -0.25) is 9.48 Å². The number of aryl methyl sites for hydroxylation is 1. The monoisotopic (exact) mass is 474 g/mol. The Morgan fingerprint density at radius 2 is 2.00 bits per heavy atom. The highest BCUT2D eigenvalue weighted by Crippen LogP contribution is 2.31. The summed E-state index contributed by atoms with van der Waals surface area (Å²) in [5.41, 5.74) is 8.23. The minimum Gasteiger partial charge on any atom is -0.394 e. The molecule has 0 saturated heterocycles. The number of nitriles is 1. The second kappa shape index (κ2) is 9.70. The molecule has 0 saturated carbocycles. The molecule has 10 heteroatoms. The summed E-state index contributed by atoms with van der Waals surface area (Å²) in [6.07, 6.45) is 3.16. The third-order valence-corrected chi connectivity index (χ3v) is 5.43. The number of aliphatic hydroxyl groups is 1. The molecule has 1 atom stereocenters. The summed E-state index contributed by atoms with van der Waals surface area (Å²) in [4.78, 5) is 16.9. The van der Waals surface area contributed by atoms with Gasteiger partial charge >= 0.3 is 0 Å². The predicted molar refractivity (Wildman–Crippen MR) is 125 cm³/mol. The molecule has 8 nitrogen and oxygen atoms in total. The first kappa shape index (κ1) is 23.5. The third kappa shape index (κ3) is 4.85. The highest BCUT2D eigenvalue weighted by molar-refractivity contribution is 5.95. The number of carbonyl (C=O) groups excluding carboxylic acids is 1. The van der Waals surface area contributed by atoms with E-state index in [-0.39, 0.29) is 17.1 Å². The fourth-order valence-electron chi connectivity index (χ4n) is 3.70. The van der Waals surface area contributed by atoms with Gasteiger partial charge in [-0.2, -0.15) is 10.4 Å². The number of pyridine rings is 1. The number of nitrogens with zero attached hydrogens (tertiary/aromatic N) is 4. The Morgan fingerprint density at radius 1 is 1.20 bits per heavy atom. The molecule has 4 aromatic rings. The summed E-state index contributed by atoms with van der Waals surface area (Å²) in [5.74, 6) is -1.97. The zero-order valence-electron chi connectivity index (χ0n) is 18.5. The number of nitrogen functional groups attached to an aromatic ring is 1. The summed E-state index contributed by atoms with van der Waals surface area (Å²) in [6, 6.07) is 12.1. The number of halogens is 2. The highest BCUT2D eigenvalue weighted by atomic mass is 19.1. The minimum absolute atomic E-state index is 0.138. The largest absolute Gasteiger partial charge is 0.394 e. The summed E-state index contributed by atoms with van der Waals surface area (Å²) < 4.78 is 30.0. The van der Waals surface area contributed by atoms with Gasteiger partial charge in [0, 0.05) is 36.1 Å². The van der Waals surface area contributed by atoms with Gasteiger partial charge in [-0.1, -0.05) is 18.2 Å². The number of hydrogen-bond donors (Lipinski definition) is 3. The maximum absolute atomic E-state index is 15.0. The van der Waals surface area contributed by atoms with E-state index in [9.17, 15) is 23.9 Å². The number of carbonyl (C=O) groups is 1. The molecule has 176 valence electrons. The number of aliphatic hydroxyl groups excluding tert-OH is 1. The number of nitrogens with two attached hydrogens (primary N) is 1. The van der Waals surface area contributed by atoms with Gasteiger partial charge in [0.15, 0.2) is 5.69 Å². The van der Waals surface area contributed by atoms with E-state index in [1.807, 2.05) is 6.07 Å². The molecule has 0 fully saturated rings. The van der Waals surface area contributed by atoms with Crippen LogP contribution in [0.2, 0.25) is 0 Å². The zero-order chi connectivity index (χ0) is 25.1. The Labute approximate surface area is 199 Å². The van der Waals surface area contributed by atoms with Crippen molar-refractivity contribution in [2.24, 2.45) is 7.05 Å². The Balaban J connectivity index is 1.63. The third-order valence-electron chi connectivity index (χ3n) is 5.43. The normalized spacial score (nSPS) is 11.6. The van der Waals surface area contributed by atoms with Crippen molar-refractivity contribution in [3.05, 3.63) is 89.4 Å². The molecule has 1 amide bonds. The number of anilines is 1. The van der Waals surface area contributed by atoms with Gasteiger partial charge in [0.25, 0.3) is 5.91 Å². The molecule has 0 aliphatic carbocycles. The van der Waals surface area contributed by atoms with Crippen molar-refractivity contribution >= 4 is 11.7 Å². The van der Waals surface area contributed by atoms with Crippen LogP contribution in [0.15, 0.2) is 60.9 Å². The second-order valence-corrected chi connectivity index (χ2v) is 7.79. The lowest BCUT2D eigenvalue weighted by Crippen LogP contribution is -2.31.